The number of carbonyl (C=O) groups is 1. The van der Waals surface area contributed by atoms with Crippen molar-refractivity contribution in [2.75, 3.05) is 83.6 Å². The van der Waals surface area contributed by atoms with E-state index in [0.717, 1.165) is 160 Å². The summed E-state index contributed by atoms with van der Waals surface area (Å²) in [6.45, 7) is 17.2. The summed E-state index contributed by atoms with van der Waals surface area (Å²) in [7, 11) is 3.85. The summed E-state index contributed by atoms with van der Waals surface area (Å²) in [5.74, 6) is 1.92. The normalized spacial score (nSPS) is 14.8. The van der Waals surface area contributed by atoms with Gasteiger partial charge >= 0.3 is 5.97 Å². The summed E-state index contributed by atoms with van der Waals surface area (Å²) >= 11 is 0. The zero-order chi connectivity index (χ0) is 63.7. The Morgan fingerprint density at radius 2 is 0.920 bits per heavy atom. The van der Waals surface area contributed by atoms with E-state index < -0.39 is 0 Å². The molecule has 0 fully saturated rings. The van der Waals surface area contributed by atoms with Crippen LogP contribution in [0.25, 0.3) is 0 Å². The van der Waals surface area contributed by atoms with Crippen molar-refractivity contribution in [3.05, 3.63) is 48.6 Å². The highest BCUT2D eigenvalue weighted by Crippen LogP contribution is 2.22. The van der Waals surface area contributed by atoms with Gasteiger partial charge in [0.25, 0.3) is 0 Å². The first-order chi connectivity index (χ1) is 43.2. The van der Waals surface area contributed by atoms with E-state index in [1.807, 2.05) is 21.6 Å². The zero-order valence-corrected chi connectivity index (χ0v) is 59.7. The maximum Gasteiger partial charge on any atom is 0.305 e. The number of nitrogens with zero attached hydrogens (tertiary/aromatic N) is 4. The predicted molar refractivity (Wildman–Crippen MR) is 387 cm³/mol. The highest BCUT2D eigenvalue weighted by Gasteiger charge is 2.20. The lowest BCUT2D eigenvalue weighted by Gasteiger charge is -2.27. The molecule has 0 amide bonds. The third-order valence-corrected chi connectivity index (χ3v) is 19.7. The monoisotopic (exact) mass is 1270 g/mol. The maximum atomic E-state index is 12.8. The Hall–Kier alpha value is -1.77. The molecule has 0 saturated carbocycles. The summed E-state index contributed by atoms with van der Waals surface area (Å²) < 4.78 is 10.4. The fourth-order valence-electron chi connectivity index (χ4n) is 11.7. The molecule has 12 heteroatoms. The minimum Gasteiger partial charge on any atom is -0.464 e. The molecule has 1 aliphatic heterocycles. The number of unbranched alkanes of at least 4 members (excludes halogenated alkanes) is 29. The number of allylic oxidation sites excluding steroid dienone is 8. The van der Waals surface area contributed by atoms with Crippen molar-refractivity contribution < 1.29 is 39.1 Å². The maximum absolute atomic E-state index is 12.8. The fraction of sp³-hybridized carbons (Fsp3) is 0.855. The fourth-order valence-corrected chi connectivity index (χ4v) is 13.6. The molecule has 0 aromatic carbocycles. The number of esters is 1. The number of carbonyl (C=O) groups excluding carboxylic acids is 1. The van der Waals surface area contributed by atoms with E-state index in [1.165, 1.54) is 167 Å². The van der Waals surface area contributed by atoms with Crippen molar-refractivity contribution in [3.8, 4) is 0 Å². The minimum absolute atomic E-state index is 0.131. The SMILES string of the molecule is CCCCC/C=C\C/C=C\CCCCCCC(O)C[N+](=CCCSSCC[N+]1=CCN(CCOC(=O)CCCCN(CC(O)CCCCCCCCCC)CC(O)CCCCCCCCCC)CC1)CC(O)CCCCCC/C=C\C/C=C\CCCCC. The van der Waals surface area contributed by atoms with Gasteiger partial charge < -0.3 is 25.2 Å². The Morgan fingerprint density at radius 1 is 0.511 bits per heavy atom. The summed E-state index contributed by atoms with van der Waals surface area (Å²) in [5.41, 5.74) is 0. The number of rotatable bonds is 67. The predicted octanol–water partition coefficient (Wildman–Crippen LogP) is 18.6. The first-order valence-electron chi connectivity index (χ1n) is 37.5. The van der Waals surface area contributed by atoms with Crippen molar-refractivity contribution in [1.82, 2.24) is 9.80 Å². The molecule has 10 nitrogen and oxygen atoms in total. The van der Waals surface area contributed by atoms with Gasteiger partial charge in [0.05, 0.1) is 31.1 Å². The van der Waals surface area contributed by atoms with E-state index in [-0.39, 0.29) is 30.4 Å². The van der Waals surface area contributed by atoms with Crippen LogP contribution in [0, 0.1) is 0 Å². The molecule has 0 aromatic rings. The molecule has 4 N–H and O–H groups in total. The lowest BCUT2D eigenvalue weighted by Crippen LogP contribution is -2.41. The van der Waals surface area contributed by atoms with Gasteiger partial charge in [-0.15, -0.1) is 0 Å². The van der Waals surface area contributed by atoms with Crippen LogP contribution in [0.15, 0.2) is 48.6 Å². The Labute approximate surface area is 552 Å². The van der Waals surface area contributed by atoms with E-state index in [2.05, 4.69) is 108 Å². The summed E-state index contributed by atoms with van der Waals surface area (Å²) in [6, 6.07) is 0. The van der Waals surface area contributed by atoms with Crippen LogP contribution in [-0.4, -0.2) is 166 Å². The van der Waals surface area contributed by atoms with E-state index in [4.69, 9.17) is 4.74 Å². The number of ether oxygens (including phenoxy) is 1. The van der Waals surface area contributed by atoms with Gasteiger partial charge in [0, 0.05) is 38.2 Å². The molecular weight excluding hydrogens is 1130 g/mol. The van der Waals surface area contributed by atoms with E-state index >= 15 is 0 Å². The lowest BCUT2D eigenvalue weighted by molar-refractivity contribution is -0.541. The standard InChI is InChI=1S/C76H144N4O6S2/c1-5-9-13-17-21-25-27-29-31-33-35-39-43-47-54-74(83)70-80(71-75(84)55-48-44-40-36-34-32-30-28-26-22-18-14-10-6-2)58-51-66-87-88-67-64-78-61-59-77(60-62-78)63-65-86-76(85)56-49-50-57-79(68-72(81)52-45-41-37-23-19-15-11-7-3)69-73(82)53-46-42-38-24-20-16-12-8-4/h21-22,25-26,29-32,58,61,72-75,81-84H,5-20,23-24,27-28,33-57,59-60,62-71H2,1-4H3/q+2/b25-21-,26-22-,31-29-,32-30-,80-58?. The first-order valence-corrected chi connectivity index (χ1v) is 40.0. The Morgan fingerprint density at radius 3 is 1.38 bits per heavy atom. The van der Waals surface area contributed by atoms with E-state index in [1.54, 1.807) is 0 Å². The Balaban J connectivity index is 2.48. The molecular formula is C76H144N4O6S2+2. The zero-order valence-electron chi connectivity index (χ0n) is 58.1. The third kappa shape index (κ3) is 59.3. The van der Waals surface area contributed by atoms with Gasteiger partial charge in [-0.1, -0.05) is 265 Å². The average molecular weight is 1270 g/mol. The summed E-state index contributed by atoms with van der Waals surface area (Å²) in [6.07, 6.45) is 71.6. The van der Waals surface area contributed by atoms with Gasteiger partial charge in [-0.25, -0.2) is 9.15 Å². The molecule has 0 saturated heterocycles. The topological polar surface area (TPSA) is 120 Å². The molecule has 514 valence electrons. The first kappa shape index (κ1) is 84.2. The van der Waals surface area contributed by atoms with Gasteiger partial charge in [-0.2, -0.15) is 0 Å². The molecule has 0 bridgehead atoms. The van der Waals surface area contributed by atoms with Crippen LogP contribution < -0.4 is 0 Å². The second-order valence-corrected chi connectivity index (χ2v) is 28.7. The largest absolute Gasteiger partial charge is 0.464 e. The lowest BCUT2D eigenvalue weighted by atomic mass is 10.0. The molecule has 1 rings (SSSR count). The second kappa shape index (κ2) is 66.7. The van der Waals surface area contributed by atoms with Crippen LogP contribution in [0.4, 0.5) is 0 Å². The van der Waals surface area contributed by atoms with E-state index in [0.29, 0.717) is 39.2 Å². The molecule has 0 aliphatic carbocycles. The van der Waals surface area contributed by atoms with Crippen LogP contribution in [0.2, 0.25) is 0 Å². The van der Waals surface area contributed by atoms with Gasteiger partial charge in [-0.05, 0) is 109 Å². The highest BCUT2D eigenvalue weighted by molar-refractivity contribution is 8.76. The Bertz CT molecular complexity index is 1610. The Kier molecular flexibility index (Phi) is 63.8. The van der Waals surface area contributed by atoms with Crippen molar-refractivity contribution in [2.24, 2.45) is 0 Å². The average Bonchev–Trinajstić information content (AvgIpc) is 3.71. The molecule has 4 atom stereocenters. The molecule has 4 unspecified atom stereocenters. The minimum atomic E-state index is -0.383. The molecule has 0 radical (unpaired) electrons. The van der Waals surface area contributed by atoms with E-state index in [9.17, 15) is 25.2 Å². The van der Waals surface area contributed by atoms with Gasteiger partial charge in [-0.3, -0.25) is 14.6 Å². The van der Waals surface area contributed by atoms with Crippen molar-refractivity contribution in [1.29, 1.82) is 0 Å². The summed E-state index contributed by atoms with van der Waals surface area (Å²) in [5, 5.41) is 44.4. The van der Waals surface area contributed by atoms with Crippen LogP contribution in [0.5, 0.6) is 0 Å². The number of hydrogen-bond donors (Lipinski definition) is 4. The third-order valence-electron chi connectivity index (χ3n) is 17.3. The smallest absolute Gasteiger partial charge is 0.305 e. The van der Waals surface area contributed by atoms with Crippen molar-refractivity contribution in [2.45, 2.75) is 335 Å². The van der Waals surface area contributed by atoms with Crippen molar-refractivity contribution >= 4 is 40.0 Å². The number of aliphatic hydroxyl groups excluding tert-OH is 4. The van der Waals surface area contributed by atoms with Crippen LogP contribution >= 0.6 is 21.6 Å². The number of hydrogen-bond acceptors (Lipinski definition) is 10. The molecule has 0 spiro atoms. The van der Waals surface area contributed by atoms with Crippen LogP contribution in [-0.2, 0) is 9.53 Å². The summed E-state index contributed by atoms with van der Waals surface area (Å²) in [4.78, 5) is 17.4. The van der Waals surface area contributed by atoms with Gasteiger partial charge in [0.2, 0.25) is 0 Å². The van der Waals surface area contributed by atoms with Crippen LogP contribution in [0.1, 0.15) is 310 Å². The van der Waals surface area contributed by atoms with Gasteiger partial charge in [0.1, 0.15) is 25.0 Å². The molecule has 1 heterocycles. The second-order valence-electron chi connectivity index (χ2n) is 26.0. The highest BCUT2D eigenvalue weighted by atomic mass is 33.1. The van der Waals surface area contributed by atoms with Crippen LogP contribution in [0.3, 0.4) is 0 Å². The molecule has 1 aliphatic rings. The molecule has 88 heavy (non-hydrogen) atoms. The van der Waals surface area contributed by atoms with Crippen molar-refractivity contribution in [3.63, 3.8) is 0 Å². The number of aliphatic hydroxyl groups is 4. The molecule has 0 aromatic heterocycles. The quantitative estimate of drug-likeness (QED) is 0.0117. The van der Waals surface area contributed by atoms with Gasteiger partial charge in [0.15, 0.2) is 32.4 Å².